The Hall–Kier alpha value is -1.88. The van der Waals surface area contributed by atoms with E-state index in [0.29, 0.717) is 16.5 Å². The lowest BCUT2D eigenvalue weighted by Gasteiger charge is -2.09. The molecule has 2 aromatic rings. The van der Waals surface area contributed by atoms with Crippen LogP contribution in [0.5, 0.6) is 0 Å². The minimum Gasteiger partial charge on any atom is -0.479 e. The quantitative estimate of drug-likeness (QED) is 0.854. The number of methoxy groups -OCH3 is 1. The molecule has 0 spiro atoms. The van der Waals surface area contributed by atoms with Crippen molar-refractivity contribution in [2.45, 2.75) is 12.5 Å². The Balaban J connectivity index is 2.39. The van der Waals surface area contributed by atoms with E-state index in [0.717, 1.165) is 0 Å². The molecular weight excluding hydrogens is 225 g/mol. The van der Waals surface area contributed by atoms with Crippen molar-refractivity contribution >= 4 is 16.9 Å². The number of benzene rings is 1. The lowest BCUT2D eigenvalue weighted by Crippen LogP contribution is -2.24. The van der Waals surface area contributed by atoms with Crippen molar-refractivity contribution < 1.29 is 19.0 Å². The number of halogens is 1. The van der Waals surface area contributed by atoms with Gasteiger partial charge < -0.3 is 14.8 Å². The van der Waals surface area contributed by atoms with Gasteiger partial charge in [0.05, 0.1) is 0 Å². The van der Waals surface area contributed by atoms with E-state index < -0.39 is 12.1 Å². The molecule has 1 atom stereocenters. The van der Waals surface area contributed by atoms with Gasteiger partial charge in [-0.05, 0) is 17.7 Å². The first-order valence-corrected chi connectivity index (χ1v) is 5.13. The van der Waals surface area contributed by atoms with Crippen LogP contribution in [-0.2, 0) is 16.0 Å². The molecule has 2 rings (SSSR count). The van der Waals surface area contributed by atoms with Gasteiger partial charge in [-0.25, -0.2) is 9.18 Å². The van der Waals surface area contributed by atoms with E-state index in [1.165, 1.54) is 13.2 Å². The fraction of sp³-hybridized carbons (Fsp3) is 0.250. The van der Waals surface area contributed by atoms with Gasteiger partial charge in [0.15, 0.2) is 6.10 Å². The molecule has 2 N–H and O–H groups in total. The lowest BCUT2D eigenvalue weighted by atomic mass is 10.1. The maximum Gasteiger partial charge on any atom is 0.333 e. The first-order valence-electron chi connectivity index (χ1n) is 5.13. The van der Waals surface area contributed by atoms with Crippen LogP contribution in [0.4, 0.5) is 4.39 Å². The number of carbonyl (C=O) groups is 1. The van der Waals surface area contributed by atoms with Gasteiger partial charge in [0, 0.05) is 30.6 Å². The van der Waals surface area contributed by atoms with Crippen LogP contribution >= 0.6 is 0 Å². The Morgan fingerprint density at radius 3 is 3.00 bits per heavy atom. The minimum absolute atomic E-state index is 0.132. The molecule has 0 aliphatic rings. The van der Waals surface area contributed by atoms with Crippen molar-refractivity contribution in [3.8, 4) is 0 Å². The second-order valence-electron chi connectivity index (χ2n) is 3.74. The predicted molar refractivity (Wildman–Crippen MR) is 60.4 cm³/mol. The molecule has 17 heavy (non-hydrogen) atoms. The van der Waals surface area contributed by atoms with E-state index >= 15 is 0 Å². The molecular formula is C12H12FNO3. The molecule has 1 heterocycles. The van der Waals surface area contributed by atoms with Gasteiger partial charge >= 0.3 is 5.97 Å². The Morgan fingerprint density at radius 2 is 2.35 bits per heavy atom. The van der Waals surface area contributed by atoms with Crippen molar-refractivity contribution in [3.05, 3.63) is 35.8 Å². The summed E-state index contributed by atoms with van der Waals surface area (Å²) in [5.74, 6) is -1.42. The molecule has 1 aromatic heterocycles. The van der Waals surface area contributed by atoms with Crippen LogP contribution in [0.25, 0.3) is 10.9 Å². The predicted octanol–water partition coefficient (Wildman–Crippen LogP) is 1.95. The molecule has 0 bridgehead atoms. The molecule has 90 valence electrons. The van der Waals surface area contributed by atoms with Gasteiger partial charge in [-0.1, -0.05) is 6.07 Å². The summed E-state index contributed by atoms with van der Waals surface area (Å²) >= 11 is 0. The standard InChI is InChI=1S/C12H12FNO3/c1-17-10(12(15)16)5-7-6-14-9-4-2-3-8(13)11(7)9/h2-4,6,10,14H,5H2,1H3,(H,15,16)/t10-/m0/s1. The number of hydrogen-bond acceptors (Lipinski definition) is 2. The van der Waals surface area contributed by atoms with Gasteiger partial charge in [0.1, 0.15) is 5.82 Å². The summed E-state index contributed by atoms with van der Waals surface area (Å²) in [5.41, 5.74) is 1.26. The average molecular weight is 237 g/mol. The molecule has 1 aromatic carbocycles. The topological polar surface area (TPSA) is 62.3 Å². The molecule has 0 saturated carbocycles. The molecule has 0 saturated heterocycles. The Bertz CT molecular complexity index is 550. The Kier molecular flexibility index (Phi) is 3.10. The van der Waals surface area contributed by atoms with Gasteiger partial charge in [-0.3, -0.25) is 0 Å². The minimum atomic E-state index is -1.06. The van der Waals surface area contributed by atoms with Crippen molar-refractivity contribution in [1.82, 2.24) is 4.98 Å². The normalized spacial score (nSPS) is 12.8. The number of carboxylic acids is 1. The molecule has 0 fully saturated rings. The van der Waals surface area contributed by atoms with E-state index in [9.17, 15) is 9.18 Å². The van der Waals surface area contributed by atoms with E-state index in [1.54, 1.807) is 18.3 Å². The second-order valence-corrected chi connectivity index (χ2v) is 3.74. The Labute approximate surface area is 97.0 Å². The van der Waals surface area contributed by atoms with Crippen LogP contribution < -0.4 is 0 Å². The van der Waals surface area contributed by atoms with Crippen molar-refractivity contribution in [1.29, 1.82) is 0 Å². The fourth-order valence-corrected chi connectivity index (χ4v) is 1.84. The molecule has 0 unspecified atom stereocenters. The van der Waals surface area contributed by atoms with Gasteiger partial charge in [0.2, 0.25) is 0 Å². The number of H-pyrrole nitrogens is 1. The van der Waals surface area contributed by atoms with E-state index in [1.807, 2.05) is 0 Å². The maximum atomic E-state index is 13.6. The summed E-state index contributed by atoms with van der Waals surface area (Å²) in [6.07, 6.45) is 0.781. The smallest absolute Gasteiger partial charge is 0.333 e. The van der Waals surface area contributed by atoms with Crippen molar-refractivity contribution in [2.75, 3.05) is 7.11 Å². The number of fused-ring (bicyclic) bond motifs is 1. The third-order valence-corrected chi connectivity index (χ3v) is 2.70. The number of rotatable bonds is 4. The summed E-state index contributed by atoms with van der Waals surface area (Å²) in [4.78, 5) is 13.8. The summed E-state index contributed by atoms with van der Waals surface area (Å²) in [6.45, 7) is 0. The van der Waals surface area contributed by atoms with Gasteiger partial charge in [0.25, 0.3) is 0 Å². The summed E-state index contributed by atoms with van der Waals surface area (Å²) < 4.78 is 18.5. The first kappa shape index (κ1) is 11.6. The third-order valence-electron chi connectivity index (χ3n) is 2.70. The van der Waals surface area contributed by atoms with Gasteiger partial charge in [-0.15, -0.1) is 0 Å². The number of aliphatic carboxylic acids is 1. The van der Waals surface area contributed by atoms with Crippen molar-refractivity contribution in [3.63, 3.8) is 0 Å². The molecule has 5 heteroatoms. The molecule has 4 nitrogen and oxygen atoms in total. The highest BCUT2D eigenvalue weighted by Crippen LogP contribution is 2.23. The largest absolute Gasteiger partial charge is 0.479 e. The van der Waals surface area contributed by atoms with Gasteiger partial charge in [-0.2, -0.15) is 0 Å². The zero-order valence-electron chi connectivity index (χ0n) is 9.24. The molecule has 0 radical (unpaired) electrons. The van der Waals surface area contributed by atoms with Crippen molar-refractivity contribution in [2.24, 2.45) is 0 Å². The Morgan fingerprint density at radius 1 is 1.59 bits per heavy atom. The maximum absolute atomic E-state index is 13.6. The number of ether oxygens (including phenoxy) is 1. The van der Waals surface area contributed by atoms with E-state index in [-0.39, 0.29) is 12.2 Å². The van der Waals surface area contributed by atoms with E-state index in [2.05, 4.69) is 4.98 Å². The number of nitrogens with one attached hydrogen (secondary N) is 1. The highest BCUT2D eigenvalue weighted by molar-refractivity contribution is 5.84. The van der Waals surface area contributed by atoms with Crippen LogP contribution in [0.3, 0.4) is 0 Å². The van der Waals surface area contributed by atoms with Crippen LogP contribution in [0.2, 0.25) is 0 Å². The molecule has 0 aliphatic carbocycles. The second kappa shape index (κ2) is 4.55. The lowest BCUT2D eigenvalue weighted by molar-refractivity contribution is -0.148. The summed E-state index contributed by atoms with van der Waals surface area (Å²) in [7, 11) is 1.32. The zero-order valence-corrected chi connectivity index (χ0v) is 9.24. The number of carboxylic acid groups (broad SMARTS) is 1. The number of aromatic nitrogens is 1. The fourth-order valence-electron chi connectivity index (χ4n) is 1.84. The van der Waals surface area contributed by atoms with E-state index in [4.69, 9.17) is 9.84 Å². The van der Waals surface area contributed by atoms with Crippen LogP contribution in [0, 0.1) is 5.82 Å². The molecule has 0 aliphatic heterocycles. The van der Waals surface area contributed by atoms with Crippen LogP contribution in [0.15, 0.2) is 24.4 Å². The SMILES string of the molecule is CO[C@@H](Cc1c[nH]c2cccc(F)c12)C(=O)O. The summed E-state index contributed by atoms with van der Waals surface area (Å²) in [5, 5.41) is 9.31. The summed E-state index contributed by atoms with van der Waals surface area (Å²) in [6, 6.07) is 4.69. The monoisotopic (exact) mass is 237 g/mol. The van der Waals surface area contributed by atoms with Crippen LogP contribution in [0.1, 0.15) is 5.56 Å². The van der Waals surface area contributed by atoms with Crippen LogP contribution in [-0.4, -0.2) is 29.3 Å². The third kappa shape index (κ3) is 2.14. The average Bonchev–Trinajstić information content (AvgIpc) is 2.70. The number of hydrogen-bond donors (Lipinski definition) is 2. The first-order chi connectivity index (χ1) is 8.13. The highest BCUT2D eigenvalue weighted by Gasteiger charge is 2.19. The highest BCUT2D eigenvalue weighted by atomic mass is 19.1. The molecule has 0 amide bonds. The zero-order chi connectivity index (χ0) is 12.4. The number of aromatic amines is 1.